The predicted molar refractivity (Wildman–Crippen MR) is 85.9 cm³/mol. The Kier molecular flexibility index (Phi) is 8.51. The lowest BCUT2D eigenvalue weighted by Gasteiger charge is -2.32. The van der Waals surface area contributed by atoms with Crippen LogP contribution in [-0.4, -0.2) is 44.3 Å². The van der Waals surface area contributed by atoms with Crippen LogP contribution in [0.5, 0.6) is 0 Å². The van der Waals surface area contributed by atoms with E-state index in [1.807, 2.05) is 0 Å². The molecule has 1 atom stereocenters. The Labute approximate surface area is 124 Å². The number of benzene rings is 1. The molecule has 1 rings (SSSR count). The maximum absolute atomic E-state index is 6.00. The van der Waals surface area contributed by atoms with Crippen molar-refractivity contribution in [2.24, 2.45) is 11.7 Å². The fourth-order valence-corrected chi connectivity index (χ4v) is 2.53. The summed E-state index contributed by atoms with van der Waals surface area (Å²) in [4.78, 5) is 2.48. The second kappa shape index (κ2) is 9.92. The molecule has 0 saturated carbocycles. The molecule has 0 fully saturated rings. The molecule has 0 spiro atoms. The van der Waals surface area contributed by atoms with Crippen LogP contribution < -0.4 is 5.73 Å². The summed E-state index contributed by atoms with van der Waals surface area (Å²) in [5, 5.41) is 0. The quantitative estimate of drug-likeness (QED) is 0.715. The molecule has 3 nitrogen and oxygen atoms in total. The molecule has 114 valence electrons. The topological polar surface area (TPSA) is 38.5 Å². The van der Waals surface area contributed by atoms with E-state index in [0.717, 1.165) is 32.5 Å². The van der Waals surface area contributed by atoms with Gasteiger partial charge >= 0.3 is 0 Å². The van der Waals surface area contributed by atoms with Crippen molar-refractivity contribution in [3.8, 4) is 0 Å². The van der Waals surface area contributed by atoms with E-state index in [1.54, 1.807) is 7.11 Å². The van der Waals surface area contributed by atoms with Gasteiger partial charge in [0.05, 0.1) is 6.61 Å². The van der Waals surface area contributed by atoms with Crippen LogP contribution in [0.25, 0.3) is 0 Å². The van der Waals surface area contributed by atoms with Crippen LogP contribution in [0.3, 0.4) is 0 Å². The summed E-state index contributed by atoms with van der Waals surface area (Å²) in [5.74, 6) is 0.651. The van der Waals surface area contributed by atoms with Gasteiger partial charge in [-0.25, -0.2) is 0 Å². The number of hydrogen-bond acceptors (Lipinski definition) is 3. The molecule has 3 heteroatoms. The van der Waals surface area contributed by atoms with E-state index < -0.39 is 0 Å². The summed E-state index contributed by atoms with van der Waals surface area (Å²) in [5.41, 5.74) is 7.39. The number of nitrogens with zero attached hydrogens (tertiary/aromatic N) is 1. The zero-order valence-corrected chi connectivity index (χ0v) is 13.2. The Balaban J connectivity index is 2.54. The van der Waals surface area contributed by atoms with Gasteiger partial charge in [-0.1, -0.05) is 44.2 Å². The van der Waals surface area contributed by atoms with Crippen molar-refractivity contribution < 1.29 is 4.74 Å². The number of nitrogens with two attached hydrogens (primary N) is 1. The number of ether oxygens (including phenoxy) is 1. The molecule has 0 aromatic heterocycles. The molecule has 20 heavy (non-hydrogen) atoms. The van der Waals surface area contributed by atoms with Crippen molar-refractivity contribution in [1.82, 2.24) is 4.90 Å². The first-order chi connectivity index (χ1) is 9.67. The van der Waals surface area contributed by atoms with Crippen molar-refractivity contribution in [2.45, 2.75) is 32.7 Å². The first kappa shape index (κ1) is 17.2. The molecular weight excluding hydrogens is 248 g/mol. The van der Waals surface area contributed by atoms with Crippen LogP contribution in [0, 0.1) is 5.92 Å². The Hall–Kier alpha value is -0.900. The molecule has 0 radical (unpaired) electrons. The lowest BCUT2D eigenvalue weighted by atomic mass is 10.0. The zero-order valence-electron chi connectivity index (χ0n) is 13.2. The molecule has 0 amide bonds. The van der Waals surface area contributed by atoms with E-state index in [9.17, 15) is 0 Å². The third-order valence-corrected chi connectivity index (χ3v) is 3.58. The first-order valence-electron chi connectivity index (χ1n) is 7.64. The summed E-state index contributed by atoms with van der Waals surface area (Å²) in [6, 6.07) is 11.1. The van der Waals surface area contributed by atoms with Crippen molar-refractivity contribution in [2.75, 3.05) is 33.4 Å². The van der Waals surface area contributed by atoms with E-state index in [1.165, 1.54) is 5.56 Å². The van der Waals surface area contributed by atoms with Gasteiger partial charge in [-0.2, -0.15) is 0 Å². The van der Waals surface area contributed by atoms with Crippen LogP contribution >= 0.6 is 0 Å². The Morgan fingerprint density at radius 1 is 1.20 bits per heavy atom. The smallest absolute Gasteiger partial charge is 0.0589 e. The highest BCUT2D eigenvalue weighted by atomic mass is 16.5. The molecule has 0 aliphatic rings. The molecule has 2 N–H and O–H groups in total. The second-order valence-electron chi connectivity index (χ2n) is 5.80. The minimum atomic E-state index is 0.438. The lowest BCUT2D eigenvalue weighted by molar-refractivity contribution is 0.108. The molecule has 0 aliphatic heterocycles. The van der Waals surface area contributed by atoms with Gasteiger partial charge in [0.2, 0.25) is 0 Å². The number of aryl methyl sites for hydroxylation is 1. The third kappa shape index (κ3) is 6.51. The summed E-state index contributed by atoms with van der Waals surface area (Å²) >= 11 is 0. The molecule has 1 aromatic carbocycles. The van der Waals surface area contributed by atoms with Crippen LogP contribution in [0.15, 0.2) is 30.3 Å². The highest BCUT2D eigenvalue weighted by Gasteiger charge is 2.17. The van der Waals surface area contributed by atoms with Crippen LogP contribution in [-0.2, 0) is 11.2 Å². The predicted octanol–water partition coefficient (Wildman–Crippen LogP) is 2.55. The fourth-order valence-electron chi connectivity index (χ4n) is 2.53. The highest BCUT2D eigenvalue weighted by Crippen LogP contribution is 2.11. The molecule has 0 aliphatic carbocycles. The van der Waals surface area contributed by atoms with Gasteiger partial charge in [0.25, 0.3) is 0 Å². The van der Waals surface area contributed by atoms with E-state index in [4.69, 9.17) is 10.5 Å². The van der Waals surface area contributed by atoms with Crippen LogP contribution in [0.2, 0.25) is 0 Å². The van der Waals surface area contributed by atoms with Crippen molar-refractivity contribution in [1.29, 1.82) is 0 Å². The van der Waals surface area contributed by atoms with Gasteiger partial charge in [-0.3, -0.25) is 4.90 Å². The van der Waals surface area contributed by atoms with Crippen molar-refractivity contribution in [3.63, 3.8) is 0 Å². The second-order valence-corrected chi connectivity index (χ2v) is 5.80. The number of hydrogen-bond donors (Lipinski definition) is 1. The van der Waals surface area contributed by atoms with Gasteiger partial charge in [0, 0.05) is 32.8 Å². The van der Waals surface area contributed by atoms with Crippen LogP contribution in [0.4, 0.5) is 0 Å². The summed E-state index contributed by atoms with van der Waals surface area (Å²) in [7, 11) is 1.76. The Morgan fingerprint density at radius 3 is 2.45 bits per heavy atom. The third-order valence-electron chi connectivity index (χ3n) is 3.58. The molecule has 0 saturated heterocycles. The maximum Gasteiger partial charge on any atom is 0.0589 e. The monoisotopic (exact) mass is 278 g/mol. The SMILES string of the molecule is COCCN(CC(C)C)C(CN)CCc1ccccc1. The normalized spacial score (nSPS) is 13.1. The minimum Gasteiger partial charge on any atom is -0.383 e. The minimum absolute atomic E-state index is 0.438. The van der Waals surface area contributed by atoms with Crippen molar-refractivity contribution in [3.05, 3.63) is 35.9 Å². The highest BCUT2D eigenvalue weighted by molar-refractivity contribution is 5.14. The summed E-state index contributed by atoms with van der Waals surface area (Å²) in [6.07, 6.45) is 2.20. The van der Waals surface area contributed by atoms with E-state index in [0.29, 0.717) is 18.5 Å². The molecular formula is C17H30N2O. The maximum atomic E-state index is 6.00. The lowest BCUT2D eigenvalue weighted by Crippen LogP contribution is -2.44. The molecule has 0 heterocycles. The Morgan fingerprint density at radius 2 is 1.90 bits per heavy atom. The average Bonchev–Trinajstić information content (AvgIpc) is 2.45. The van der Waals surface area contributed by atoms with Gasteiger partial charge in [0.15, 0.2) is 0 Å². The number of rotatable bonds is 10. The van der Waals surface area contributed by atoms with Gasteiger partial charge < -0.3 is 10.5 Å². The number of methoxy groups -OCH3 is 1. The average molecular weight is 278 g/mol. The van der Waals surface area contributed by atoms with E-state index in [2.05, 4.69) is 49.1 Å². The van der Waals surface area contributed by atoms with Gasteiger partial charge in [-0.05, 0) is 24.3 Å². The van der Waals surface area contributed by atoms with Crippen LogP contribution in [0.1, 0.15) is 25.8 Å². The van der Waals surface area contributed by atoms with Crippen molar-refractivity contribution >= 4 is 0 Å². The summed E-state index contributed by atoms with van der Waals surface area (Å²) < 4.78 is 5.23. The fraction of sp³-hybridized carbons (Fsp3) is 0.647. The Bertz CT molecular complexity index is 340. The first-order valence-corrected chi connectivity index (χ1v) is 7.64. The molecule has 1 aromatic rings. The van der Waals surface area contributed by atoms with E-state index >= 15 is 0 Å². The largest absolute Gasteiger partial charge is 0.383 e. The molecule has 1 unspecified atom stereocenters. The van der Waals surface area contributed by atoms with E-state index in [-0.39, 0.29) is 0 Å². The zero-order chi connectivity index (χ0) is 14.8. The molecule has 0 bridgehead atoms. The van der Waals surface area contributed by atoms with Gasteiger partial charge in [-0.15, -0.1) is 0 Å². The summed E-state index contributed by atoms with van der Waals surface area (Å²) in [6.45, 7) is 8.04. The van der Waals surface area contributed by atoms with Gasteiger partial charge in [0.1, 0.15) is 0 Å². The standard InChI is InChI=1S/C17H30N2O/c1-15(2)14-19(11-12-20-3)17(13-18)10-9-16-7-5-4-6-8-16/h4-8,15,17H,9-14,18H2,1-3H3.